The summed E-state index contributed by atoms with van der Waals surface area (Å²) in [5.74, 6) is 0.316. The summed E-state index contributed by atoms with van der Waals surface area (Å²) in [6.45, 7) is 4.09. The van der Waals surface area contributed by atoms with Gasteiger partial charge in [-0.3, -0.25) is 14.4 Å². The number of hydrogen-bond acceptors (Lipinski definition) is 6. The number of aromatic nitrogens is 4. The van der Waals surface area contributed by atoms with Gasteiger partial charge in [-0.15, -0.1) is 0 Å². The Balaban J connectivity index is 1.42. The van der Waals surface area contributed by atoms with E-state index in [0.717, 1.165) is 22.9 Å². The number of anilines is 2. The van der Waals surface area contributed by atoms with E-state index in [1.807, 2.05) is 11.9 Å². The van der Waals surface area contributed by atoms with Gasteiger partial charge in [-0.1, -0.05) is 12.1 Å². The lowest BCUT2D eigenvalue weighted by molar-refractivity contribution is -0.137. The number of benzene rings is 1. The summed E-state index contributed by atoms with van der Waals surface area (Å²) < 4.78 is 41.2. The molecule has 3 heterocycles. The molecule has 3 aromatic rings. The van der Waals surface area contributed by atoms with Crippen molar-refractivity contribution >= 4 is 28.4 Å². The van der Waals surface area contributed by atoms with Gasteiger partial charge in [0.1, 0.15) is 12.1 Å². The van der Waals surface area contributed by atoms with Crippen LogP contribution in [0.1, 0.15) is 12.5 Å². The van der Waals surface area contributed by atoms with E-state index in [2.05, 4.69) is 25.3 Å². The van der Waals surface area contributed by atoms with Crippen LogP contribution in [0.25, 0.3) is 11.0 Å². The molecule has 1 N–H and O–H groups in total. The minimum Gasteiger partial charge on any atom is -0.353 e. The highest BCUT2D eigenvalue weighted by Gasteiger charge is 2.34. The minimum absolute atomic E-state index is 0.231. The third-order valence-corrected chi connectivity index (χ3v) is 5.54. The van der Waals surface area contributed by atoms with Gasteiger partial charge < -0.3 is 10.2 Å². The maximum atomic E-state index is 13.2. The van der Waals surface area contributed by atoms with E-state index in [4.69, 9.17) is 0 Å². The molecule has 1 atom stereocenters. The standard InChI is InChI=1S/C20H22F3N7O/c1-13(19(31)27-16-6-4-3-5-15(16)20(21,22)23)29-7-9-30(10-8-29)18-14-11-26-28(2)17(14)24-12-25-18/h3-6,11-13H,7-10H2,1-2H3,(H,27,31). The number of nitrogens with zero attached hydrogens (tertiary/aromatic N) is 6. The largest absolute Gasteiger partial charge is 0.418 e. The summed E-state index contributed by atoms with van der Waals surface area (Å²) in [7, 11) is 1.81. The number of piperazine rings is 1. The number of amides is 1. The molecule has 0 saturated carbocycles. The number of nitrogens with one attached hydrogen (secondary N) is 1. The van der Waals surface area contributed by atoms with Crippen molar-refractivity contribution in [2.75, 3.05) is 36.4 Å². The van der Waals surface area contributed by atoms with Crippen molar-refractivity contribution < 1.29 is 18.0 Å². The summed E-state index contributed by atoms with van der Waals surface area (Å²) in [6.07, 6.45) is -1.31. The summed E-state index contributed by atoms with van der Waals surface area (Å²) in [6, 6.07) is 4.41. The first-order valence-electron chi connectivity index (χ1n) is 9.84. The van der Waals surface area contributed by atoms with E-state index in [1.165, 1.54) is 24.5 Å². The number of fused-ring (bicyclic) bond motifs is 1. The molecule has 0 aliphatic carbocycles. The van der Waals surface area contributed by atoms with E-state index in [0.29, 0.717) is 26.2 Å². The SMILES string of the molecule is CC(C(=O)Nc1ccccc1C(F)(F)F)N1CCN(c2ncnc3c2cnn3C)CC1. The van der Waals surface area contributed by atoms with Crippen molar-refractivity contribution in [2.24, 2.45) is 7.05 Å². The zero-order valence-corrected chi connectivity index (χ0v) is 17.1. The maximum Gasteiger partial charge on any atom is 0.418 e. The highest BCUT2D eigenvalue weighted by atomic mass is 19.4. The Kier molecular flexibility index (Phi) is 5.52. The summed E-state index contributed by atoms with van der Waals surface area (Å²) in [5.41, 5.74) is -0.349. The summed E-state index contributed by atoms with van der Waals surface area (Å²) in [4.78, 5) is 25.3. The number of para-hydroxylation sites is 1. The normalized spacial score (nSPS) is 16.5. The van der Waals surface area contributed by atoms with Gasteiger partial charge in [0.2, 0.25) is 5.91 Å². The molecule has 4 rings (SSSR count). The molecule has 2 aromatic heterocycles. The van der Waals surface area contributed by atoms with Crippen molar-refractivity contribution in [2.45, 2.75) is 19.1 Å². The Morgan fingerprint density at radius 1 is 1.13 bits per heavy atom. The fourth-order valence-electron chi connectivity index (χ4n) is 3.77. The van der Waals surface area contributed by atoms with E-state index in [1.54, 1.807) is 17.8 Å². The minimum atomic E-state index is -4.53. The van der Waals surface area contributed by atoms with Crippen LogP contribution in [0, 0.1) is 0 Å². The zero-order chi connectivity index (χ0) is 22.2. The molecule has 1 amide bonds. The second kappa shape index (κ2) is 8.14. The first-order chi connectivity index (χ1) is 14.8. The van der Waals surface area contributed by atoms with Gasteiger partial charge in [0.15, 0.2) is 5.65 Å². The molecule has 1 aliphatic heterocycles. The molecule has 31 heavy (non-hydrogen) atoms. The Labute approximate surface area is 176 Å². The van der Waals surface area contributed by atoms with Crippen LogP contribution in [-0.4, -0.2) is 62.8 Å². The average molecular weight is 433 g/mol. The van der Waals surface area contributed by atoms with Gasteiger partial charge in [0.05, 0.1) is 28.9 Å². The molecule has 1 aromatic carbocycles. The lowest BCUT2D eigenvalue weighted by Crippen LogP contribution is -2.53. The smallest absolute Gasteiger partial charge is 0.353 e. The highest BCUT2D eigenvalue weighted by Crippen LogP contribution is 2.34. The molecule has 0 bridgehead atoms. The predicted molar refractivity (Wildman–Crippen MR) is 110 cm³/mol. The van der Waals surface area contributed by atoms with Crippen LogP contribution in [0.4, 0.5) is 24.7 Å². The lowest BCUT2D eigenvalue weighted by Gasteiger charge is -2.38. The van der Waals surface area contributed by atoms with Crippen molar-refractivity contribution in [1.82, 2.24) is 24.6 Å². The van der Waals surface area contributed by atoms with Gasteiger partial charge >= 0.3 is 6.18 Å². The molecule has 1 aliphatic rings. The number of carbonyl (C=O) groups is 1. The van der Waals surface area contributed by atoms with Crippen LogP contribution in [-0.2, 0) is 18.0 Å². The quantitative estimate of drug-likeness (QED) is 0.681. The number of halogens is 3. The Bertz CT molecular complexity index is 1090. The number of rotatable bonds is 4. The topological polar surface area (TPSA) is 79.2 Å². The first-order valence-corrected chi connectivity index (χ1v) is 9.84. The zero-order valence-electron chi connectivity index (χ0n) is 17.1. The molecule has 8 nitrogen and oxygen atoms in total. The lowest BCUT2D eigenvalue weighted by atomic mass is 10.1. The van der Waals surface area contributed by atoms with Crippen LogP contribution in [0.15, 0.2) is 36.8 Å². The van der Waals surface area contributed by atoms with E-state index in [9.17, 15) is 18.0 Å². The monoisotopic (exact) mass is 433 g/mol. The molecular weight excluding hydrogens is 411 g/mol. The second-order valence-electron chi connectivity index (χ2n) is 7.43. The number of carbonyl (C=O) groups excluding carboxylic acids is 1. The van der Waals surface area contributed by atoms with E-state index < -0.39 is 23.7 Å². The molecule has 0 spiro atoms. The highest BCUT2D eigenvalue weighted by molar-refractivity contribution is 5.95. The van der Waals surface area contributed by atoms with Crippen LogP contribution in [0.5, 0.6) is 0 Å². The molecular formula is C20H22F3N7O. The summed E-state index contributed by atoms with van der Waals surface area (Å²) >= 11 is 0. The van der Waals surface area contributed by atoms with Crippen molar-refractivity contribution in [3.63, 3.8) is 0 Å². The fraction of sp³-hybridized carbons (Fsp3) is 0.400. The molecule has 164 valence electrons. The molecule has 11 heteroatoms. The van der Waals surface area contributed by atoms with Crippen molar-refractivity contribution in [3.8, 4) is 0 Å². The van der Waals surface area contributed by atoms with E-state index >= 15 is 0 Å². The Hall–Kier alpha value is -3.21. The van der Waals surface area contributed by atoms with Crippen molar-refractivity contribution in [1.29, 1.82) is 0 Å². The third kappa shape index (κ3) is 4.18. The third-order valence-electron chi connectivity index (χ3n) is 5.54. The average Bonchev–Trinajstić information content (AvgIpc) is 3.14. The Morgan fingerprint density at radius 2 is 1.84 bits per heavy atom. The maximum absolute atomic E-state index is 13.2. The predicted octanol–water partition coefficient (Wildman–Crippen LogP) is 2.53. The van der Waals surface area contributed by atoms with Crippen molar-refractivity contribution in [3.05, 3.63) is 42.4 Å². The summed E-state index contributed by atoms with van der Waals surface area (Å²) in [5, 5.41) is 7.52. The molecule has 1 saturated heterocycles. The van der Waals surface area contributed by atoms with Crippen LogP contribution in [0.3, 0.4) is 0 Å². The van der Waals surface area contributed by atoms with E-state index in [-0.39, 0.29) is 5.69 Å². The van der Waals surface area contributed by atoms with Gasteiger partial charge in [-0.05, 0) is 19.1 Å². The number of alkyl halides is 3. The molecule has 1 fully saturated rings. The Morgan fingerprint density at radius 3 is 2.55 bits per heavy atom. The number of aryl methyl sites for hydroxylation is 1. The number of hydrogen-bond donors (Lipinski definition) is 1. The van der Waals surface area contributed by atoms with Gasteiger partial charge in [0, 0.05) is 33.2 Å². The fourth-order valence-corrected chi connectivity index (χ4v) is 3.77. The molecule has 1 unspecified atom stereocenters. The van der Waals surface area contributed by atoms with Crippen LogP contribution >= 0.6 is 0 Å². The van der Waals surface area contributed by atoms with Gasteiger partial charge in [0.25, 0.3) is 0 Å². The van der Waals surface area contributed by atoms with Crippen LogP contribution in [0.2, 0.25) is 0 Å². The molecule has 0 radical (unpaired) electrons. The van der Waals surface area contributed by atoms with Crippen LogP contribution < -0.4 is 10.2 Å². The van der Waals surface area contributed by atoms with Gasteiger partial charge in [-0.2, -0.15) is 18.3 Å². The van der Waals surface area contributed by atoms with Gasteiger partial charge in [-0.25, -0.2) is 9.97 Å². The second-order valence-corrected chi connectivity index (χ2v) is 7.43. The first kappa shape index (κ1) is 21.0.